The Morgan fingerprint density at radius 3 is 2.32 bits per heavy atom. The molecule has 0 amide bonds. The molecule has 2 aromatic rings. The monoisotopic (exact) mass is 299 g/mol. The highest BCUT2D eigenvalue weighted by Crippen LogP contribution is 2.21. The molecule has 0 aromatic heterocycles. The molecule has 0 saturated heterocycles. The van der Waals surface area contributed by atoms with Gasteiger partial charge in [-0.3, -0.25) is 0 Å². The summed E-state index contributed by atoms with van der Waals surface area (Å²) in [6.07, 6.45) is 0. The molecule has 0 aliphatic heterocycles. The molecular formula is C14H12Cl2FNO. The summed E-state index contributed by atoms with van der Waals surface area (Å²) in [6.45, 7) is 0.167. The molecule has 5 heteroatoms. The summed E-state index contributed by atoms with van der Waals surface area (Å²) in [5.74, 6) is 0.203. The van der Waals surface area contributed by atoms with Crippen molar-refractivity contribution in [3.8, 4) is 5.75 Å². The lowest BCUT2D eigenvalue weighted by molar-refractivity contribution is 0.288. The molecule has 1 atom stereocenters. The van der Waals surface area contributed by atoms with Crippen molar-refractivity contribution in [1.29, 1.82) is 0 Å². The number of hydrogen-bond acceptors (Lipinski definition) is 2. The Labute approximate surface area is 120 Å². The molecule has 0 aliphatic carbocycles. The number of rotatable bonds is 4. The molecule has 0 radical (unpaired) electrons. The van der Waals surface area contributed by atoms with E-state index < -0.39 is 11.9 Å². The fraction of sp³-hybridized carbons (Fsp3) is 0.143. The van der Waals surface area contributed by atoms with Crippen LogP contribution < -0.4 is 10.5 Å². The van der Waals surface area contributed by atoms with Gasteiger partial charge in [-0.1, -0.05) is 29.3 Å². The molecule has 19 heavy (non-hydrogen) atoms. The van der Waals surface area contributed by atoms with Gasteiger partial charge >= 0.3 is 0 Å². The van der Waals surface area contributed by atoms with E-state index in [1.165, 1.54) is 6.07 Å². The zero-order valence-corrected chi connectivity index (χ0v) is 11.5. The topological polar surface area (TPSA) is 35.2 Å². The Kier molecular flexibility index (Phi) is 4.64. The lowest BCUT2D eigenvalue weighted by Gasteiger charge is -2.14. The van der Waals surface area contributed by atoms with Crippen LogP contribution >= 0.6 is 23.2 Å². The van der Waals surface area contributed by atoms with E-state index in [0.717, 1.165) is 0 Å². The van der Waals surface area contributed by atoms with Crippen molar-refractivity contribution in [3.63, 3.8) is 0 Å². The lowest BCUT2D eigenvalue weighted by Crippen LogP contribution is -2.20. The molecule has 2 N–H and O–H groups in total. The van der Waals surface area contributed by atoms with Gasteiger partial charge in [0.05, 0.1) is 6.04 Å². The summed E-state index contributed by atoms with van der Waals surface area (Å²) in [5, 5.41) is 0.965. The van der Waals surface area contributed by atoms with Crippen molar-refractivity contribution >= 4 is 23.2 Å². The molecule has 0 aliphatic rings. The summed E-state index contributed by atoms with van der Waals surface area (Å²) in [7, 11) is 0. The molecule has 1 unspecified atom stereocenters. The fourth-order valence-electron chi connectivity index (χ4n) is 1.61. The Morgan fingerprint density at radius 2 is 1.68 bits per heavy atom. The second kappa shape index (κ2) is 6.24. The van der Waals surface area contributed by atoms with Crippen LogP contribution in [0, 0.1) is 5.82 Å². The molecule has 0 fully saturated rings. The molecule has 0 spiro atoms. The molecule has 2 rings (SSSR count). The third-order valence-electron chi connectivity index (χ3n) is 2.61. The minimum atomic E-state index is -0.562. The summed E-state index contributed by atoms with van der Waals surface area (Å²) in [4.78, 5) is 0. The van der Waals surface area contributed by atoms with E-state index >= 15 is 0 Å². The number of nitrogens with two attached hydrogens (primary N) is 1. The average Bonchev–Trinajstić information content (AvgIpc) is 2.37. The van der Waals surface area contributed by atoms with Crippen molar-refractivity contribution < 1.29 is 9.13 Å². The predicted molar refractivity (Wildman–Crippen MR) is 75.3 cm³/mol. The maximum absolute atomic E-state index is 13.6. The van der Waals surface area contributed by atoms with Gasteiger partial charge in [-0.25, -0.2) is 4.39 Å². The maximum Gasteiger partial charge on any atom is 0.129 e. The lowest BCUT2D eigenvalue weighted by atomic mass is 10.1. The van der Waals surface area contributed by atoms with Crippen LogP contribution in [0.15, 0.2) is 42.5 Å². The zero-order valence-electron chi connectivity index (χ0n) is 9.95. The van der Waals surface area contributed by atoms with Gasteiger partial charge in [-0.05, 0) is 36.4 Å². The Balaban J connectivity index is 2.01. The number of ether oxygens (including phenoxy) is 1. The van der Waals surface area contributed by atoms with Crippen molar-refractivity contribution in [2.45, 2.75) is 6.04 Å². The van der Waals surface area contributed by atoms with Gasteiger partial charge < -0.3 is 10.5 Å². The smallest absolute Gasteiger partial charge is 0.129 e. The van der Waals surface area contributed by atoms with Crippen LogP contribution in [0.25, 0.3) is 0 Å². The number of hydrogen-bond donors (Lipinski definition) is 1. The molecule has 100 valence electrons. The van der Waals surface area contributed by atoms with Crippen molar-refractivity contribution in [2.75, 3.05) is 6.61 Å². The van der Waals surface area contributed by atoms with Gasteiger partial charge in [0, 0.05) is 15.6 Å². The van der Waals surface area contributed by atoms with Crippen molar-refractivity contribution in [3.05, 3.63) is 63.9 Å². The highest BCUT2D eigenvalue weighted by atomic mass is 35.5. The third-order valence-corrected chi connectivity index (χ3v) is 3.09. The third kappa shape index (κ3) is 3.83. The van der Waals surface area contributed by atoms with Crippen LogP contribution in [0.5, 0.6) is 5.75 Å². The minimum absolute atomic E-state index is 0.167. The van der Waals surface area contributed by atoms with E-state index in [2.05, 4.69) is 0 Å². The van der Waals surface area contributed by atoms with Crippen LogP contribution in [0.4, 0.5) is 4.39 Å². The van der Waals surface area contributed by atoms with E-state index in [-0.39, 0.29) is 6.61 Å². The van der Waals surface area contributed by atoms with Gasteiger partial charge in [-0.15, -0.1) is 0 Å². The standard InChI is InChI=1S/C14H12Cl2FNO/c15-9-1-4-11(5-2-9)19-8-14(18)12-6-3-10(16)7-13(12)17/h1-7,14H,8,18H2. The van der Waals surface area contributed by atoms with Gasteiger partial charge in [0.1, 0.15) is 18.2 Å². The fourth-order valence-corrected chi connectivity index (χ4v) is 1.89. The first-order valence-corrected chi connectivity index (χ1v) is 6.41. The summed E-state index contributed by atoms with van der Waals surface area (Å²) in [5.41, 5.74) is 6.26. The average molecular weight is 300 g/mol. The number of benzene rings is 2. The highest BCUT2D eigenvalue weighted by molar-refractivity contribution is 6.30. The van der Waals surface area contributed by atoms with E-state index in [1.807, 2.05) is 0 Å². The van der Waals surface area contributed by atoms with Crippen molar-refractivity contribution in [1.82, 2.24) is 0 Å². The summed E-state index contributed by atoms with van der Waals surface area (Å²) >= 11 is 11.4. The SMILES string of the molecule is NC(COc1ccc(Cl)cc1)c1ccc(Cl)cc1F. The van der Waals surface area contributed by atoms with E-state index in [1.54, 1.807) is 36.4 Å². The molecular weight excluding hydrogens is 288 g/mol. The van der Waals surface area contributed by atoms with Gasteiger partial charge in [-0.2, -0.15) is 0 Å². The summed E-state index contributed by atoms with van der Waals surface area (Å²) < 4.78 is 19.1. The zero-order chi connectivity index (χ0) is 13.8. The number of halogens is 3. The van der Waals surface area contributed by atoms with Crippen LogP contribution in [-0.2, 0) is 0 Å². The molecule has 2 nitrogen and oxygen atoms in total. The second-order valence-electron chi connectivity index (χ2n) is 4.04. The first kappa shape index (κ1) is 14.1. The molecule has 0 bridgehead atoms. The maximum atomic E-state index is 13.6. The van der Waals surface area contributed by atoms with Gasteiger partial charge in [0.15, 0.2) is 0 Å². The quantitative estimate of drug-likeness (QED) is 0.918. The minimum Gasteiger partial charge on any atom is -0.492 e. The van der Waals surface area contributed by atoms with Crippen LogP contribution in [0.1, 0.15) is 11.6 Å². The predicted octanol–water partition coefficient (Wildman–Crippen LogP) is 4.21. The van der Waals surface area contributed by atoms with Crippen LogP contribution in [-0.4, -0.2) is 6.61 Å². The van der Waals surface area contributed by atoms with Gasteiger partial charge in [0.2, 0.25) is 0 Å². The molecule has 2 aromatic carbocycles. The van der Waals surface area contributed by atoms with Gasteiger partial charge in [0.25, 0.3) is 0 Å². The molecule has 0 heterocycles. The Morgan fingerprint density at radius 1 is 1.05 bits per heavy atom. The van der Waals surface area contributed by atoms with Crippen molar-refractivity contribution in [2.24, 2.45) is 5.73 Å². The van der Waals surface area contributed by atoms with Crippen LogP contribution in [0.2, 0.25) is 10.0 Å². The first-order valence-electron chi connectivity index (χ1n) is 5.65. The molecule has 0 saturated carbocycles. The Hall–Kier alpha value is -1.29. The highest BCUT2D eigenvalue weighted by Gasteiger charge is 2.12. The second-order valence-corrected chi connectivity index (χ2v) is 4.91. The van der Waals surface area contributed by atoms with E-state index in [9.17, 15) is 4.39 Å². The van der Waals surface area contributed by atoms with E-state index in [0.29, 0.717) is 21.4 Å². The Bertz CT molecular complexity index is 560. The first-order chi connectivity index (χ1) is 9.06. The van der Waals surface area contributed by atoms with E-state index in [4.69, 9.17) is 33.7 Å². The summed E-state index contributed by atoms with van der Waals surface area (Å²) in [6, 6.07) is 10.7. The van der Waals surface area contributed by atoms with Crippen LogP contribution in [0.3, 0.4) is 0 Å². The largest absolute Gasteiger partial charge is 0.492 e. The normalized spacial score (nSPS) is 12.2.